The zero-order valence-corrected chi connectivity index (χ0v) is 20.9. The third kappa shape index (κ3) is 5.71. The molecule has 36 heavy (non-hydrogen) atoms. The van der Waals surface area contributed by atoms with E-state index in [4.69, 9.17) is 14.2 Å². The first kappa shape index (κ1) is 25.7. The average Bonchev–Trinajstić information content (AvgIpc) is 3.17. The highest BCUT2D eigenvalue weighted by Crippen LogP contribution is 2.40. The molecule has 2 aliphatic rings. The predicted octanol–water partition coefficient (Wildman–Crippen LogP) is 3.63. The van der Waals surface area contributed by atoms with E-state index < -0.39 is 17.7 Å². The van der Waals surface area contributed by atoms with Crippen molar-refractivity contribution in [1.29, 1.82) is 0 Å². The highest BCUT2D eigenvalue weighted by atomic mass is 16.5. The summed E-state index contributed by atoms with van der Waals surface area (Å²) in [5, 5.41) is 11.3. The summed E-state index contributed by atoms with van der Waals surface area (Å²) in [4.78, 5) is 30.3. The predicted molar refractivity (Wildman–Crippen MR) is 136 cm³/mol. The van der Waals surface area contributed by atoms with Gasteiger partial charge in [0.25, 0.3) is 11.7 Å². The molecule has 0 bridgehead atoms. The van der Waals surface area contributed by atoms with Crippen LogP contribution in [-0.4, -0.2) is 79.7 Å². The fourth-order valence-corrected chi connectivity index (χ4v) is 4.64. The molecular weight excluding hydrogens is 460 g/mol. The first-order chi connectivity index (χ1) is 17.5. The number of rotatable bonds is 10. The van der Waals surface area contributed by atoms with Crippen molar-refractivity contribution in [2.75, 3.05) is 53.1 Å². The maximum atomic E-state index is 13.2. The Morgan fingerprint density at radius 1 is 1.06 bits per heavy atom. The van der Waals surface area contributed by atoms with Gasteiger partial charge in [0.2, 0.25) is 0 Å². The molecule has 0 saturated carbocycles. The Kier molecular flexibility index (Phi) is 8.61. The lowest BCUT2D eigenvalue weighted by Gasteiger charge is -2.29. The summed E-state index contributed by atoms with van der Waals surface area (Å²) in [5.74, 6) is -0.222. The van der Waals surface area contributed by atoms with Crippen LogP contribution in [0, 0.1) is 0 Å². The van der Waals surface area contributed by atoms with Crippen LogP contribution in [0.1, 0.15) is 36.9 Å². The Labute approximate surface area is 212 Å². The summed E-state index contributed by atoms with van der Waals surface area (Å²) in [6.07, 6.45) is 1.60. The Balaban J connectivity index is 1.66. The summed E-state index contributed by atoms with van der Waals surface area (Å²) >= 11 is 0. The van der Waals surface area contributed by atoms with E-state index in [2.05, 4.69) is 4.90 Å². The number of ketones is 1. The summed E-state index contributed by atoms with van der Waals surface area (Å²) in [6, 6.07) is 13.5. The molecule has 192 valence electrons. The molecule has 1 N–H and O–H groups in total. The number of Topliss-reactive ketones (excluding diaryl/α,β-unsaturated/α-hetero) is 1. The zero-order valence-electron chi connectivity index (χ0n) is 20.9. The number of hydrogen-bond donors (Lipinski definition) is 1. The molecule has 0 radical (unpaired) electrons. The molecule has 2 saturated heterocycles. The second-order valence-corrected chi connectivity index (χ2v) is 8.95. The van der Waals surface area contributed by atoms with Gasteiger partial charge in [-0.25, -0.2) is 0 Å². The van der Waals surface area contributed by atoms with Gasteiger partial charge in [0, 0.05) is 31.7 Å². The molecule has 1 amide bonds. The maximum absolute atomic E-state index is 13.2. The van der Waals surface area contributed by atoms with Crippen molar-refractivity contribution in [3.8, 4) is 11.5 Å². The molecule has 2 fully saturated rings. The number of hydrogen-bond acceptors (Lipinski definition) is 7. The number of carbonyl (C=O) groups excluding carboxylic acids is 2. The monoisotopic (exact) mass is 494 g/mol. The van der Waals surface area contributed by atoms with Gasteiger partial charge in [-0.1, -0.05) is 31.2 Å². The van der Waals surface area contributed by atoms with E-state index in [1.54, 1.807) is 29.2 Å². The molecule has 8 nitrogen and oxygen atoms in total. The van der Waals surface area contributed by atoms with Crippen LogP contribution in [0.3, 0.4) is 0 Å². The van der Waals surface area contributed by atoms with Gasteiger partial charge >= 0.3 is 0 Å². The second kappa shape index (κ2) is 12.1. The summed E-state index contributed by atoms with van der Waals surface area (Å²) in [5.41, 5.74) is 1.25. The molecular formula is C28H34N2O6. The van der Waals surface area contributed by atoms with E-state index >= 15 is 0 Å². The van der Waals surface area contributed by atoms with Gasteiger partial charge in [0.15, 0.2) is 0 Å². The minimum Gasteiger partial charge on any atom is -0.507 e. The highest BCUT2D eigenvalue weighted by Gasteiger charge is 2.45. The standard InChI is InChI=1S/C28H34N2O6/c1-3-16-36-22-10-8-20(9-11-22)25-24(26(31)21-6-4-7-23(19-21)34-2)27(32)28(33)30(25)13-5-12-29-14-17-35-18-15-29/h4,6-11,19,25,31H,3,5,12-18H2,1-2H3/b26-24+. The number of benzene rings is 2. The van der Waals surface area contributed by atoms with E-state index in [9.17, 15) is 14.7 Å². The van der Waals surface area contributed by atoms with E-state index in [1.807, 2.05) is 31.2 Å². The van der Waals surface area contributed by atoms with Crippen LogP contribution in [0.25, 0.3) is 5.76 Å². The molecule has 1 atom stereocenters. The number of ether oxygens (including phenoxy) is 3. The van der Waals surface area contributed by atoms with Crippen molar-refractivity contribution in [3.63, 3.8) is 0 Å². The van der Waals surface area contributed by atoms with E-state index in [0.29, 0.717) is 44.1 Å². The molecule has 2 aromatic carbocycles. The number of carbonyl (C=O) groups is 2. The normalized spacial score (nSPS) is 20.1. The largest absolute Gasteiger partial charge is 0.507 e. The second-order valence-electron chi connectivity index (χ2n) is 8.95. The van der Waals surface area contributed by atoms with Crippen molar-refractivity contribution in [2.24, 2.45) is 0 Å². The smallest absolute Gasteiger partial charge is 0.295 e. The van der Waals surface area contributed by atoms with Crippen LogP contribution in [0.15, 0.2) is 54.1 Å². The molecule has 0 aliphatic carbocycles. The quantitative estimate of drug-likeness (QED) is 0.307. The number of amides is 1. The average molecular weight is 495 g/mol. The molecule has 4 rings (SSSR count). The first-order valence-corrected chi connectivity index (χ1v) is 12.5. The summed E-state index contributed by atoms with van der Waals surface area (Å²) in [6.45, 7) is 6.98. The lowest BCUT2D eigenvalue weighted by molar-refractivity contribution is -0.140. The van der Waals surface area contributed by atoms with Gasteiger partial charge < -0.3 is 24.2 Å². The Morgan fingerprint density at radius 3 is 2.50 bits per heavy atom. The third-order valence-corrected chi connectivity index (χ3v) is 6.53. The Bertz CT molecular complexity index is 1090. The lowest BCUT2D eigenvalue weighted by atomic mass is 9.95. The first-order valence-electron chi connectivity index (χ1n) is 12.5. The fraction of sp³-hybridized carbons (Fsp3) is 0.429. The molecule has 2 aromatic rings. The number of methoxy groups -OCH3 is 1. The molecule has 2 heterocycles. The van der Waals surface area contributed by atoms with Crippen molar-refractivity contribution >= 4 is 17.4 Å². The van der Waals surface area contributed by atoms with E-state index in [1.165, 1.54) is 7.11 Å². The van der Waals surface area contributed by atoms with Crippen LogP contribution in [0.2, 0.25) is 0 Å². The lowest BCUT2D eigenvalue weighted by Crippen LogP contribution is -2.38. The van der Waals surface area contributed by atoms with Gasteiger partial charge in [-0.15, -0.1) is 0 Å². The van der Waals surface area contributed by atoms with E-state index in [0.717, 1.165) is 37.4 Å². The number of aliphatic hydroxyl groups is 1. The molecule has 0 aromatic heterocycles. The molecule has 2 aliphatic heterocycles. The van der Waals surface area contributed by atoms with Gasteiger partial charge in [-0.3, -0.25) is 14.5 Å². The zero-order chi connectivity index (χ0) is 25.5. The minimum absolute atomic E-state index is 0.0850. The molecule has 0 spiro atoms. The molecule has 1 unspecified atom stereocenters. The van der Waals surface area contributed by atoms with Crippen molar-refractivity contribution in [3.05, 3.63) is 65.2 Å². The van der Waals surface area contributed by atoms with E-state index in [-0.39, 0.29) is 11.3 Å². The van der Waals surface area contributed by atoms with Crippen LogP contribution >= 0.6 is 0 Å². The number of nitrogens with zero attached hydrogens (tertiary/aromatic N) is 2. The summed E-state index contributed by atoms with van der Waals surface area (Å²) in [7, 11) is 1.54. The van der Waals surface area contributed by atoms with Crippen LogP contribution in [-0.2, 0) is 14.3 Å². The maximum Gasteiger partial charge on any atom is 0.295 e. The number of aliphatic hydroxyl groups excluding tert-OH is 1. The van der Waals surface area contributed by atoms with Gasteiger partial charge in [0.1, 0.15) is 17.3 Å². The third-order valence-electron chi connectivity index (χ3n) is 6.53. The number of morpholine rings is 1. The van der Waals surface area contributed by atoms with Crippen molar-refractivity contribution in [1.82, 2.24) is 9.80 Å². The minimum atomic E-state index is -0.693. The Hall–Kier alpha value is -3.36. The van der Waals surface area contributed by atoms with Crippen LogP contribution in [0.4, 0.5) is 0 Å². The van der Waals surface area contributed by atoms with Gasteiger partial charge in [-0.2, -0.15) is 0 Å². The topological polar surface area (TPSA) is 88.5 Å². The van der Waals surface area contributed by atoms with Crippen LogP contribution in [0.5, 0.6) is 11.5 Å². The number of likely N-dealkylation sites (tertiary alicyclic amines) is 1. The SMILES string of the molecule is CCCOc1ccc(C2/C(=C(\O)c3cccc(OC)c3)C(=O)C(=O)N2CCCN2CCOCC2)cc1. The Morgan fingerprint density at radius 2 is 1.81 bits per heavy atom. The highest BCUT2D eigenvalue weighted by molar-refractivity contribution is 6.46. The fourth-order valence-electron chi connectivity index (χ4n) is 4.64. The van der Waals surface area contributed by atoms with Crippen LogP contribution < -0.4 is 9.47 Å². The van der Waals surface area contributed by atoms with Gasteiger partial charge in [0.05, 0.1) is 38.5 Å². The molecule has 8 heteroatoms. The van der Waals surface area contributed by atoms with Gasteiger partial charge in [-0.05, 0) is 42.7 Å². The summed E-state index contributed by atoms with van der Waals surface area (Å²) < 4.78 is 16.4. The van der Waals surface area contributed by atoms with Crippen molar-refractivity contribution in [2.45, 2.75) is 25.8 Å². The van der Waals surface area contributed by atoms with Crippen molar-refractivity contribution < 1.29 is 28.9 Å².